The molecule has 1 atom stereocenters. The molecule has 1 aliphatic heterocycles. The quantitative estimate of drug-likeness (QED) is 0.557. The van der Waals surface area contributed by atoms with Crippen molar-refractivity contribution in [3.05, 3.63) is 0 Å². The second kappa shape index (κ2) is 7.55. The van der Waals surface area contributed by atoms with Crippen molar-refractivity contribution in [3.63, 3.8) is 0 Å². The van der Waals surface area contributed by atoms with Crippen molar-refractivity contribution in [1.29, 1.82) is 0 Å². The van der Waals surface area contributed by atoms with E-state index in [1.807, 2.05) is 0 Å². The summed E-state index contributed by atoms with van der Waals surface area (Å²) in [6, 6.07) is -0.851. The van der Waals surface area contributed by atoms with Crippen LogP contribution in [0.4, 0.5) is 0 Å². The van der Waals surface area contributed by atoms with Gasteiger partial charge in [-0.05, 0) is 19.8 Å². The Bertz CT molecular complexity index is 450. The monoisotopic (exact) mass is 308 g/mol. The summed E-state index contributed by atoms with van der Waals surface area (Å²) in [5.74, 6) is -1.80. The fourth-order valence-corrected chi connectivity index (χ4v) is 2.81. The molecule has 116 valence electrons. The topological polar surface area (TPSA) is 113 Å². The molecular formula is C11H20N2O6S. The van der Waals surface area contributed by atoms with Gasteiger partial charge in [0.1, 0.15) is 6.04 Å². The van der Waals surface area contributed by atoms with E-state index >= 15 is 0 Å². The van der Waals surface area contributed by atoms with Gasteiger partial charge in [-0.15, -0.1) is 0 Å². The molecule has 9 heteroatoms. The average molecular weight is 308 g/mol. The predicted octanol–water partition coefficient (Wildman–Crippen LogP) is -0.982. The van der Waals surface area contributed by atoms with E-state index in [1.54, 1.807) is 6.92 Å². The number of carboxylic acids is 1. The fourth-order valence-electron chi connectivity index (χ4n) is 1.98. The lowest BCUT2D eigenvalue weighted by Crippen LogP contribution is -2.45. The lowest BCUT2D eigenvalue weighted by atomic mass is 10.2. The highest BCUT2D eigenvalue weighted by Gasteiger charge is 2.33. The summed E-state index contributed by atoms with van der Waals surface area (Å²) in [6.45, 7) is 2.15. The Morgan fingerprint density at radius 2 is 2.15 bits per heavy atom. The SMILES string of the molecule is CCOCCS(=O)(=O)NCC(=O)N1CCCC1C(=O)O. The number of hydrogen-bond acceptors (Lipinski definition) is 5. The first-order chi connectivity index (χ1) is 9.37. The molecule has 8 nitrogen and oxygen atoms in total. The van der Waals surface area contributed by atoms with Crippen molar-refractivity contribution < 1.29 is 27.9 Å². The molecule has 0 radical (unpaired) electrons. The van der Waals surface area contributed by atoms with Crippen molar-refractivity contribution in [2.75, 3.05) is 32.1 Å². The van der Waals surface area contributed by atoms with Crippen molar-refractivity contribution in [2.45, 2.75) is 25.8 Å². The summed E-state index contributed by atoms with van der Waals surface area (Å²) < 4.78 is 30.2. The van der Waals surface area contributed by atoms with Gasteiger partial charge in [0.2, 0.25) is 15.9 Å². The third-order valence-corrected chi connectivity index (χ3v) is 4.29. The maximum atomic E-state index is 11.8. The zero-order valence-electron chi connectivity index (χ0n) is 11.4. The Labute approximate surface area is 118 Å². The van der Waals surface area contributed by atoms with Crippen LogP contribution in [0.2, 0.25) is 0 Å². The second-order valence-electron chi connectivity index (χ2n) is 4.42. The van der Waals surface area contributed by atoms with E-state index in [9.17, 15) is 18.0 Å². The van der Waals surface area contributed by atoms with Gasteiger partial charge < -0.3 is 14.7 Å². The second-order valence-corrected chi connectivity index (χ2v) is 6.35. The average Bonchev–Trinajstić information content (AvgIpc) is 2.85. The molecule has 1 fully saturated rings. The molecule has 0 aromatic rings. The van der Waals surface area contributed by atoms with Gasteiger partial charge in [0, 0.05) is 13.2 Å². The number of hydrogen-bond donors (Lipinski definition) is 2. The number of nitrogens with zero attached hydrogens (tertiary/aromatic N) is 1. The van der Waals surface area contributed by atoms with Crippen LogP contribution in [0.1, 0.15) is 19.8 Å². The molecule has 2 N–H and O–H groups in total. The van der Waals surface area contributed by atoms with E-state index in [4.69, 9.17) is 9.84 Å². The van der Waals surface area contributed by atoms with Crippen LogP contribution in [0.25, 0.3) is 0 Å². The maximum Gasteiger partial charge on any atom is 0.326 e. The van der Waals surface area contributed by atoms with Gasteiger partial charge in [0.05, 0.1) is 18.9 Å². The number of ether oxygens (including phenoxy) is 1. The maximum absolute atomic E-state index is 11.8. The lowest BCUT2D eigenvalue weighted by molar-refractivity contribution is -0.147. The summed E-state index contributed by atoms with van der Waals surface area (Å²) in [7, 11) is -3.59. The number of carbonyl (C=O) groups is 2. The van der Waals surface area contributed by atoms with Crippen LogP contribution in [0.3, 0.4) is 0 Å². The van der Waals surface area contributed by atoms with Gasteiger partial charge in [-0.25, -0.2) is 17.9 Å². The van der Waals surface area contributed by atoms with Gasteiger partial charge >= 0.3 is 5.97 Å². The Hall–Kier alpha value is -1.19. The lowest BCUT2D eigenvalue weighted by Gasteiger charge is -2.21. The molecule has 0 aromatic heterocycles. The van der Waals surface area contributed by atoms with Crippen LogP contribution in [0.5, 0.6) is 0 Å². The number of rotatable bonds is 8. The van der Waals surface area contributed by atoms with E-state index in [0.717, 1.165) is 0 Å². The Morgan fingerprint density at radius 1 is 1.45 bits per heavy atom. The van der Waals surface area contributed by atoms with Crippen molar-refractivity contribution in [3.8, 4) is 0 Å². The zero-order valence-corrected chi connectivity index (χ0v) is 12.2. The number of likely N-dealkylation sites (tertiary alicyclic amines) is 1. The van der Waals surface area contributed by atoms with Gasteiger partial charge in [-0.2, -0.15) is 0 Å². The van der Waals surface area contributed by atoms with Crippen LogP contribution in [0, 0.1) is 0 Å². The molecule has 1 unspecified atom stereocenters. The van der Waals surface area contributed by atoms with E-state index in [0.29, 0.717) is 26.0 Å². The minimum Gasteiger partial charge on any atom is -0.480 e. The number of sulfonamides is 1. The molecule has 1 saturated heterocycles. The molecule has 0 saturated carbocycles. The number of amides is 1. The van der Waals surface area contributed by atoms with Crippen LogP contribution in [-0.2, 0) is 24.3 Å². The first-order valence-electron chi connectivity index (χ1n) is 6.44. The van der Waals surface area contributed by atoms with E-state index in [1.165, 1.54) is 4.90 Å². The Balaban J connectivity index is 2.44. The minimum absolute atomic E-state index is 0.0570. The molecule has 20 heavy (non-hydrogen) atoms. The fraction of sp³-hybridized carbons (Fsp3) is 0.818. The molecule has 0 aromatic carbocycles. The summed E-state index contributed by atoms with van der Waals surface area (Å²) in [5.41, 5.74) is 0. The smallest absolute Gasteiger partial charge is 0.326 e. The van der Waals surface area contributed by atoms with Gasteiger partial charge in [-0.3, -0.25) is 4.79 Å². The normalized spacial score (nSPS) is 19.2. The van der Waals surface area contributed by atoms with Crippen LogP contribution >= 0.6 is 0 Å². The van der Waals surface area contributed by atoms with Crippen molar-refractivity contribution >= 4 is 21.9 Å². The standard InChI is InChI=1S/C11H20N2O6S/c1-2-19-6-7-20(17,18)12-8-10(14)13-5-3-4-9(13)11(15)16/h9,12H,2-8H2,1H3,(H,15,16). The van der Waals surface area contributed by atoms with E-state index < -0.39 is 34.5 Å². The third-order valence-electron chi connectivity index (χ3n) is 3.00. The number of nitrogens with one attached hydrogen (secondary N) is 1. The van der Waals surface area contributed by atoms with Gasteiger partial charge in [0.15, 0.2) is 0 Å². The summed E-state index contributed by atoms with van der Waals surface area (Å²) in [4.78, 5) is 24.0. The predicted molar refractivity (Wildman–Crippen MR) is 70.7 cm³/mol. The zero-order chi connectivity index (χ0) is 15.2. The number of aliphatic carboxylic acids is 1. The Kier molecular flexibility index (Phi) is 6.37. The molecule has 1 amide bonds. The molecular weight excluding hydrogens is 288 g/mol. The minimum atomic E-state index is -3.59. The third kappa shape index (κ3) is 5.06. The molecule has 1 rings (SSSR count). The highest BCUT2D eigenvalue weighted by atomic mass is 32.2. The summed E-state index contributed by atoms with van der Waals surface area (Å²) in [5, 5.41) is 8.95. The molecule has 0 aliphatic carbocycles. The number of carbonyl (C=O) groups excluding carboxylic acids is 1. The van der Waals surface area contributed by atoms with Crippen molar-refractivity contribution in [2.24, 2.45) is 0 Å². The van der Waals surface area contributed by atoms with Crippen LogP contribution in [-0.4, -0.2) is 68.4 Å². The summed E-state index contributed by atoms with van der Waals surface area (Å²) >= 11 is 0. The molecule has 0 bridgehead atoms. The molecule has 1 heterocycles. The highest BCUT2D eigenvalue weighted by molar-refractivity contribution is 7.89. The molecule has 1 aliphatic rings. The molecule has 0 spiro atoms. The summed E-state index contributed by atoms with van der Waals surface area (Å²) in [6.07, 6.45) is 1.01. The van der Waals surface area contributed by atoms with Gasteiger partial charge in [-0.1, -0.05) is 0 Å². The van der Waals surface area contributed by atoms with Crippen LogP contribution in [0.15, 0.2) is 0 Å². The number of carboxylic acid groups (broad SMARTS) is 1. The van der Waals surface area contributed by atoms with Crippen LogP contribution < -0.4 is 4.72 Å². The van der Waals surface area contributed by atoms with E-state index in [-0.39, 0.29) is 12.4 Å². The largest absolute Gasteiger partial charge is 0.480 e. The first-order valence-corrected chi connectivity index (χ1v) is 8.10. The highest BCUT2D eigenvalue weighted by Crippen LogP contribution is 2.17. The van der Waals surface area contributed by atoms with E-state index in [2.05, 4.69) is 4.72 Å². The van der Waals surface area contributed by atoms with Gasteiger partial charge in [0.25, 0.3) is 0 Å². The Morgan fingerprint density at radius 3 is 2.75 bits per heavy atom. The first kappa shape index (κ1) is 16.9. The van der Waals surface area contributed by atoms with Crippen molar-refractivity contribution in [1.82, 2.24) is 9.62 Å².